The van der Waals surface area contributed by atoms with Crippen LogP contribution in [0.3, 0.4) is 0 Å². The SMILES string of the molecule is CC(C)(C)OC(=O)NCCONC(=O)[C@@H]1CC[C@@H]2CN1C(=O)N2OS(=O)(=O)O.c1ccncc1. The van der Waals surface area contributed by atoms with Gasteiger partial charge in [0.1, 0.15) is 11.6 Å². The molecule has 0 aliphatic carbocycles. The normalized spacial score (nSPS) is 19.7. The number of hydroxylamine groups is 3. The van der Waals surface area contributed by atoms with Gasteiger partial charge in [-0.05, 0) is 45.7 Å². The molecule has 3 N–H and O–H groups in total. The van der Waals surface area contributed by atoms with Crippen LogP contribution in [-0.2, 0) is 29.1 Å². The molecule has 1 aromatic heterocycles. The summed E-state index contributed by atoms with van der Waals surface area (Å²) in [5.74, 6) is -0.599. The summed E-state index contributed by atoms with van der Waals surface area (Å²) in [6.45, 7) is 5.29. The molecular weight excluding hydrogens is 474 g/mol. The number of carbonyl (C=O) groups is 3. The summed E-state index contributed by atoms with van der Waals surface area (Å²) in [6, 6.07) is 3.41. The number of nitrogens with one attached hydrogen (secondary N) is 2. The minimum atomic E-state index is -4.85. The number of ether oxygens (including phenoxy) is 1. The maximum absolute atomic E-state index is 12.2. The third-order valence-electron chi connectivity index (χ3n) is 4.41. The number of hydrogen-bond donors (Lipinski definition) is 3. The predicted molar refractivity (Wildman–Crippen MR) is 116 cm³/mol. The number of urea groups is 1. The van der Waals surface area contributed by atoms with Gasteiger partial charge in [0.05, 0.1) is 12.6 Å². The summed E-state index contributed by atoms with van der Waals surface area (Å²) in [5.41, 5.74) is 1.56. The number of fused-ring (bicyclic) bond motifs is 2. The number of carbonyl (C=O) groups excluding carboxylic acids is 3. The number of aromatic nitrogens is 1. The Bertz CT molecular complexity index is 913. The summed E-state index contributed by atoms with van der Waals surface area (Å²) in [4.78, 5) is 45.8. The van der Waals surface area contributed by atoms with E-state index in [2.05, 4.69) is 20.1 Å². The first-order chi connectivity index (χ1) is 15.9. The Labute approximate surface area is 197 Å². The summed E-state index contributed by atoms with van der Waals surface area (Å²) >= 11 is 0. The van der Waals surface area contributed by atoms with Gasteiger partial charge in [-0.3, -0.25) is 19.2 Å². The minimum Gasteiger partial charge on any atom is -0.444 e. The lowest BCUT2D eigenvalue weighted by Gasteiger charge is -2.28. The standard InChI is InChI=1S/C14H24N4O9S.C5H5N/c1-14(2,3)26-12(20)15-6-7-25-16-11(19)10-5-4-9-8-17(10)13(21)18(9)27-28(22,23)24;1-2-4-6-5-3-1/h9-10H,4-8H2,1-3H3,(H,15,20)(H,16,19)(H,22,23,24);1-5H/t9-,10+;/m1./s1. The topological polar surface area (TPSA) is 177 Å². The van der Waals surface area contributed by atoms with Gasteiger partial charge in [0.25, 0.3) is 5.91 Å². The smallest absolute Gasteiger partial charge is 0.418 e. The summed E-state index contributed by atoms with van der Waals surface area (Å²) in [5, 5.41) is 3.00. The highest BCUT2D eigenvalue weighted by Gasteiger charge is 2.49. The fraction of sp³-hybridized carbons (Fsp3) is 0.579. The molecule has 15 heteroatoms. The predicted octanol–water partition coefficient (Wildman–Crippen LogP) is 0.644. The van der Waals surface area contributed by atoms with E-state index in [0.29, 0.717) is 11.5 Å². The molecule has 3 heterocycles. The van der Waals surface area contributed by atoms with Gasteiger partial charge in [-0.1, -0.05) is 6.07 Å². The molecule has 2 fully saturated rings. The second-order valence-electron chi connectivity index (χ2n) is 8.28. The second kappa shape index (κ2) is 11.9. The fourth-order valence-electron chi connectivity index (χ4n) is 3.13. The lowest BCUT2D eigenvalue weighted by Crippen LogP contribution is -2.50. The molecule has 2 atom stereocenters. The molecule has 2 aliphatic rings. The summed E-state index contributed by atoms with van der Waals surface area (Å²) < 4.78 is 39.8. The van der Waals surface area contributed by atoms with Gasteiger partial charge < -0.3 is 15.0 Å². The van der Waals surface area contributed by atoms with Crippen molar-refractivity contribution in [2.45, 2.75) is 51.3 Å². The zero-order valence-electron chi connectivity index (χ0n) is 19.0. The van der Waals surface area contributed by atoms with Crippen LogP contribution in [0, 0.1) is 0 Å². The van der Waals surface area contributed by atoms with E-state index < -0.39 is 46.1 Å². The van der Waals surface area contributed by atoms with Crippen molar-refractivity contribution in [1.29, 1.82) is 0 Å². The van der Waals surface area contributed by atoms with E-state index in [9.17, 15) is 22.8 Å². The monoisotopic (exact) mass is 503 g/mol. The van der Waals surface area contributed by atoms with Crippen molar-refractivity contribution >= 4 is 28.4 Å². The number of amides is 4. The Hall–Kier alpha value is -3.01. The van der Waals surface area contributed by atoms with Crippen molar-refractivity contribution < 1.29 is 41.2 Å². The molecule has 2 aliphatic heterocycles. The van der Waals surface area contributed by atoms with Crippen LogP contribution in [0.15, 0.2) is 30.6 Å². The maximum atomic E-state index is 12.2. The number of alkyl carbamates (subject to hydrolysis) is 1. The molecule has 3 rings (SSSR count). The van der Waals surface area contributed by atoms with E-state index in [1.54, 1.807) is 33.2 Å². The quantitative estimate of drug-likeness (QED) is 0.272. The second-order valence-corrected chi connectivity index (χ2v) is 9.28. The number of hydrogen-bond acceptors (Lipinski definition) is 9. The molecule has 0 aromatic carbocycles. The molecule has 34 heavy (non-hydrogen) atoms. The average Bonchev–Trinajstić information content (AvgIpc) is 2.97. The Morgan fingerprint density at radius 1 is 1.21 bits per heavy atom. The Morgan fingerprint density at radius 2 is 1.88 bits per heavy atom. The molecule has 0 radical (unpaired) electrons. The molecule has 0 saturated carbocycles. The first kappa shape index (κ1) is 27.2. The van der Waals surface area contributed by atoms with Crippen LogP contribution in [0.2, 0.25) is 0 Å². The van der Waals surface area contributed by atoms with Gasteiger partial charge in [0, 0.05) is 25.5 Å². The Balaban J connectivity index is 0.000000589. The van der Waals surface area contributed by atoms with Crippen LogP contribution in [-0.4, -0.2) is 83.3 Å². The van der Waals surface area contributed by atoms with Crippen LogP contribution < -0.4 is 10.8 Å². The van der Waals surface area contributed by atoms with Crippen LogP contribution in [0.4, 0.5) is 9.59 Å². The molecule has 190 valence electrons. The fourth-order valence-corrected chi connectivity index (χ4v) is 3.51. The Kier molecular flexibility index (Phi) is 9.55. The maximum Gasteiger partial charge on any atom is 0.418 e. The number of nitrogens with zero attached hydrogens (tertiary/aromatic N) is 3. The molecule has 0 unspecified atom stereocenters. The van der Waals surface area contributed by atoms with Gasteiger partial charge in [0.2, 0.25) is 0 Å². The van der Waals surface area contributed by atoms with Gasteiger partial charge in [-0.15, -0.1) is 4.28 Å². The van der Waals surface area contributed by atoms with Crippen LogP contribution in [0.25, 0.3) is 0 Å². The van der Waals surface area contributed by atoms with E-state index in [0.717, 1.165) is 4.90 Å². The largest absolute Gasteiger partial charge is 0.444 e. The average molecular weight is 504 g/mol. The van der Waals surface area contributed by atoms with E-state index >= 15 is 0 Å². The number of piperidine rings is 1. The van der Waals surface area contributed by atoms with Crippen molar-refractivity contribution in [3.05, 3.63) is 30.6 Å². The third-order valence-corrected chi connectivity index (χ3v) is 4.76. The van der Waals surface area contributed by atoms with Crippen molar-refractivity contribution in [3.8, 4) is 0 Å². The zero-order chi connectivity index (χ0) is 25.4. The molecule has 0 spiro atoms. The van der Waals surface area contributed by atoms with Gasteiger partial charge in [-0.2, -0.15) is 13.5 Å². The summed E-state index contributed by atoms with van der Waals surface area (Å²) in [7, 11) is -4.85. The van der Waals surface area contributed by atoms with Crippen LogP contribution in [0.5, 0.6) is 0 Å². The lowest BCUT2D eigenvalue weighted by molar-refractivity contribution is -0.138. The highest BCUT2D eigenvalue weighted by Crippen LogP contribution is 2.30. The Morgan fingerprint density at radius 3 is 2.41 bits per heavy atom. The highest BCUT2D eigenvalue weighted by molar-refractivity contribution is 7.80. The molecule has 14 nitrogen and oxygen atoms in total. The van der Waals surface area contributed by atoms with Crippen molar-refractivity contribution in [2.75, 3.05) is 19.7 Å². The molecular formula is C19H29N5O9S. The molecule has 2 saturated heterocycles. The first-order valence-electron chi connectivity index (χ1n) is 10.4. The van der Waals surface area contributed by atoms with E-state index in [1.165, 1.54) is 0 Å². The van der Waals surface area contributed by atoms with E-state index in [-0.39, 0.29) is 26.1 Å². The van der Waals surface area contributed by atoms with E-state index in [1.807, 2.05) is 18.2 Å². The first-order valence-corrected chi connectivity index (χ1v) is 11.7. The molecule has 2 bridgehead atoms. The molecule has 4 amide bonds. The number of pyridine rings is 1. The van der Waals surface area contributed by atoms with Crippen LogP contribution in [0.1, 0.15) is 33.6 Å². The highest BCUT2D eigenvalue weighted by atomic mass is 32.3. The van der Waals surface area contributed by atoms with Crippen molar-refractivity contribution in [1.82, 2.24) is 25.7 Å². The zero-order valence-corrected chi connectivity index (χ0v) is 19.9. The van der Waals surface area contributed by atoms with Crippen molar-refractivity contribution in [2.24, 2.45) is 0 Å². The summed E-state index contributed by atoms with van der Waals surface area (Å²) in [6.07, 6.45) is 3.44. The van der Waals surface area contributed by atoms with Crippen LogP contribution >= 0.6 is 0 Å². The van der Waals surface area contributed by atoms with Gasteiger partial charge in [0.15, 0.2) is 0 Å². The lowest BCUT2D eigenvalue weighted by atomic mass is 10.0. The minimum absolute atomic E-state index is 0.0354. The third kappa shape index (κ3) is 9.09. The van der Waals surface area contributed by atoms with Gasteiger partial charge in [-0.25, -0.2) is 15.1 Å². The van der Waals surface area contributed by atoms with Crippen molar-refractivity contribution in [3.63, 3.8) is 0 Å². The molecule has 1 aromatic rings. The van der Waals surface area contributed by atoms with Gasteiger partial charge >= 0.3 is 22.5 Å². The number of rotatable bonds is 7. The van der Waals surface area contributed by atoms with E-state index in [4.69, 9.17) is 14.1 Å².